The van der Waals surface area contributed by atoms with Crippen LogP contribution >= 0.6 is 0 Å². The Hall–Kier alpha value is -1.42. The molecule has 0 bridgehead atoms. The molecule has 0 fully saturated rings. The highest BCUT2D eigenvalue weighted by Gasteiger charge is 2.23. The molecule has 0 aliphatic heterocycles. The summed E-state index contributed by atoms with van der Waals surface area (Å²) in [6.07, 6.45) is 0. The lowest BCUT2D eigenvalue weighted by Crippen LogP contribution is -2.40. The van der Waals surface area contributed by atoms with Gasteiger partial charge in [0.05, 0.1) is 0 Å². The Morgan fingerprint density at radius 1 is 1.32 bits per heavy atom. The van der Waals surface area contributed by atoms with E-state index in [1.807, 2.05) is 33.8 Å². The summed E-state index contributed by atoms with van der Waals surface area (Å²) in [6.45, 7) is 9.11. The molecule has 0 radical (unpaired) electrons. The molecule has 1 N–H and O–H groups in total. The monoisotopic (exact) mass is 267 g/mol. The number of halogens is 1. The van der Waals surface area contributed by atoms with Crippen LogP contribution in [0.4, 0.5) is 4.39 Å². The Labute approximate surface area is 114 Å². The van der Waals surface area contributed by atoms with E-state index >= 15 is 0 Å². The van der Waals surface area contributed by atoms with E-state index in [0.29, 0.717) is 0 Å². The lowest BCUT2D eigenvalue weighted by Gasteiger charge is -2.24. The van der Waals surface area contributed by atoms with Crippen LogP contribution in [0.1, 0.15) is 46.2 Å². The van der Waals surface area contributed by atoms with Crippen molar-refractivity contribution in [2.24, 2.45) is 0 Å². The molecular formula is C15H22FNO2. The molecule has 0 spiro atoms. The molecule has 3 nitrogen and oxygen atoms in total. The molecule has 1 aromatic carbocycles. The first-order valence-corrected chi connectivity index (χ1v) is 6.43. The van der Waals surface area contributed by atoms with Gasteiger partial charge in [0, 0.05) is 6.04 Å². The molecule has 0 heterocycles. The average Bonchev–Trinajstić information content (AvgIpc) is 2.26. The van der Waals surface area contributed by atoms with E-state index in [0.717, 1.165) is 5.56 Å². The smallest absolute Gasteiger partial charge is 0.323 e. The molecule has 0 aliphatic rings. The summed E-state index contributed by atoms with van der Waals surface area (Å²) in [5, 5.41) is 3.10. The quantitative estimate of drug-likeness (QED) is 0.851. The highest BCUT2D eigenvalue weighted by atomic mass is 19.1. The second kappa shape index (κ2) is 6.15. The number of esters is 1. The number of ether oxygens (including phenoxy) is 1. The largest absolute Gasteiger partial charge is 0.459 e. The van der Waals surface area contributed by atoms with Gasteiger partial charge < -0.3 is 4.74 Å². The molecule has 106 valence electrons. The number of rotatable bonds is 4. The molecule has 0 saturated carbocycles. The van der Waals surface area contributed by atoms with Crippen molar-refractivity contribution in [3.05, 3.63) is 35.6 Å². The summed E-state index contributed by atoms with van der Waals surface area (Å²) < 4.78 is 18.4. The van der Waals surface area contributed by atoms with Gasteiger partial charge in [0.15, 0.2) is 0 Å². The summed E-state index contributed by atoms with van der Waals surface area (Å²) in [5.74, 6) is -0.591. The summed E-state index contributed by atoms with van der Waals surface area (Å²) in [6, 6.07) is 5.76. The van der Waals surface area contributed by atoms with Crippen LogP contribution in [-0.2, 0) is 9.53 Å². The van der Waals surface area contributed by atoms with E-state index < -0.39 is 11.6 Å². The van der Waals surface area contributed by atoms with E-state index in [2.05, 4.69) is 5.32 Å². The molecule has 0 aromatic heterocycles. The minimum absolute atomic E-state index is 0.127. The molecule has 0 saturated heterocycles. The Morgan fingerprint density at radius 3 is 2.47 bits per heavy atom. The van der Waals surface area contributed by atoms with Crippen molar-refractivity contribution in [1.82, 2.24) is 5.32 Å². The van der Waals surface area contributed by atoms with Gasteiger partial charge in [-0.25, -0.2) is 4.39 Å². The predicted octanol–water partition coefficient (Wildman–Crippen LogP) is 3.21. The van der Waals surface area contributed by atoms with Gasteiger partial charge in [0.2, 0.25) is 0 Å². The van der Waals surface area contributed by atoms with Gasteiger partial charge in [-0.3, -0.25) is 10.1 Å². The second-order valence-electron chi connectivity index (χ2n) is 5.70. The summed E-state index contributed by atoms with van der Waals surface area (Å²) in [4.78, 5) is 11.8. The minimum Gasteiger partial charge on any atom is -0.459 e. The van der Waals surface area contributed by atoms with Gasteiger partial charge in [0.1, 0.15) is 17.5 Å². The van der Waals surface area contributed by atoms with Crippen LogP contribution in [0.2, 0.25) is 0 Å². The molecule has 0 amide bonds. The third kappa shape index (κ3) is 5.39. The number of nitrogens with one attached hydrogen (secondary N) is 1. The normalized spacial score (nSPS) is 14.8. The number of benzene rings is 1. The van der Waals surface area contributed by atoms with E-state index in [1.54, 1.807) is 13.0 Å². The van der Waals surface area contributed by atoms with Crippen LogP contribution in [-0.4, -0.2) is 17.6 Å². The number of carbonyl (C=O) groups is 1. The van der Waals surface area contributed by atoms with E-state index in [-0.39, 0.29) is 17.8 Å². The molecule has 2 atom stereocenters. The van der Waals surface area contributed by atoms with E-state index in [4.69, 9.17) is 4.74 Å². The van der Waals surface area contributed by atoms with Crippen LogP contribution in [0.3, 0.4) is 0 Å². The maximum Gasteiger partial charge on any atom is 0.323 e. The van der Waals surface area contributed by atoms with Crippen molar-refractivity contribution < 1.29 is 13.9 Å². The minimum atomic E-state index is -0.505. The fraction of sp³-hybridized carbons (Fsp3) is 0.533. The van der Waals surface area contributed by atoms with Crippen LogP contribution in [0, 0.1) is 5.82 Å². The van der Waals surface area contributed by atoms with Crippen molar-refractivity contribution in [2.75, 3.05) is 0 Å². The molecule has 1 aromatic rings. The molecule has 19 heavy (non-hydrogen) atoms. The summed E-state index contributed by atoms with van der Waals surface area (Å²) >= 11 is 0. The Bertz CT molecular complexity index is 440. The topological polar surface area (TPSA) is 38.3 Å². The highest BCUT2D eigenvalue weighted by Crippen LogP contribution is 2.15. The van der Waals surface area contributed by atoms with Crippen molar-refractivity contribution in [2.45, 2.75) is 52.3 Å². The standard InChI is InChI=1S/C15H22FNO2/c1-10(12-7-6-8-13(16)9-12)17-11(2)14(18)19-15(3,4)5/h6-11,17H,1-5H3/t10-,11?/m1/s1. The third-order valence-electron chi connectivity index (χ3n) is 2.61. The third-order valence-corrected chi connectivity index (χ3v) is 2.61. The van der Waals surface area contributed by atoms with Gasteiger partial charge in [-0.1, -0.05) is 12.1 Å². The van der Waals surface area contributed by atoms with Gasteiger partial charge in [-0.05, 0) is 52.3 Å². The Morgan fingerprint density at radius 2 is 1.95 bits per heavy atom. The molecule has 1 rings (SSSR count). The lowest BCUT2D eigenvalue weighted by atomic mass is 10.1. The summed E-state index contributed by atoms with van der Waals surface area (Å²) in [7, 11) is 0. The van der Waals surface area contributed by atoms with Crippen LogP contribution < -0.4 is 5.32 Å². The summed E-state index contributed by atoms with van der Waals surface area (Å²) in [5.41, 5.74) is 0.296. The maximum absolute atomic E-state index is 13.1. The number of hydrogen-bond donors (Lipinski definition) is 1. The molecular weight excluding hydrogens is 245 g/mol. The van der Waals surface area contributed by atoms with Crippen molar-refractivity contribution >= 4 is 5.97 Å². The second-order valence-corrected chi connectivity index (χ2v) is 5.70. The number of hydrogen-bond acceptors (Lipinski definition) is 3. The maximum atomic E-state index is 13.1. The van der Waals surface area contributed by atoms with E-state index in [1.165, 1.54) is 12.1 Å². The highest BCUT2D eigenvalue weighted by molar-refractivity contribution is 5.75. The molecule has 1 unspecified atom stereocenters. The van der Waals surface area contributed by atoms with E-state index in [9.17, 15) is 9.18 Å². The van der Waals surface area contributed by atoms with Gasteiger partial charge in [0.25, 0.3) is 0 Å². The number of carbonyl (C=O) groups excluding carboxylic acids is 1. The van der Waals surface area contributed by atoms with Crippen molar-refractivity contribution in [3.8, 4) is 0 Å². The first kappa shape index (κ1) is 15.6. The lowest BCUT2D eigenvalue weighted by molar-refractivity contribution is -0.157. The fourth-order valence-electron chi connectivity index (χ4n) is 1.71. The fourth-order valence-corrected chi connectivity index (χ4v) is 1.71. The first-order valence-electron chi connectivity index (χ1n) is 6.43. The Balaban J connectivity index is 2.61. The zero-order valence-electron chi connectivity index (χ0n) is 12.2. The molecule has 0 aliphatic carbocycles. The van der Waals surface area contributed by atoms with Crippen LogP contribution in [0.15, 0.2) is 24.3 Å². The van der Waals surface area contributed by atoms with Crippen molar-refractivity contribution in [3.63, 3.8) is 0 Å². The average molecular weight is 267 g/mol. The predicted molar refractivity (Wildman–Crippen MR) is 73.3 cm³/mol. The van der Waals surface area contributed by atoms with Gasteiger partial charge >= 0.3 is 5.97 Å². The van der Waals surface area contributed by atoms with Gasteiger partial charge in [-0.2, -0.15) is 0 Å². The van der Waals surface area contributed by atoms with Crippen LogP contribution in [0.25, 0.3) is 0 Å². The first-order chi connectivity index (χ1) is 8.69. The molecule has 4 heteroatoms. The van der Waals surface area contributed by atoms with Crippen molar-refractivity contribution in [1.29, 1.82) is 0 Å². The Kier molecular flexibility index (Phi) is 5.06. The SMILES string of the molecule is CC(N[C@H](C)c1cccc(F)c1)C(=O)OC(C)(C)C. The van der Waals surface area contributed by atoms with Gasteiger partial charge in [-0.15, -0.1) is 0 Å². The zero-order valence-corrected chi connectivity index (χ0v) is 12.2. The zero-order chi connectivity index (χ0) is 14.6. The van der Waals surface area contributed by atoms with Crippen LogP contribution in [0.5, 0.6) is 0 Å².